The SMILES string of the molecule is CCOC(=O)c1cc(S(=O)(=O)N2CCC[C@H]2c2nnc3n2CCCCC3)cn1C. The first-order valence-corrected chi connectivity index (χ1v) is 11.6. The molecule has 29 heavy (non-hydrogen) atoms. The lowest BCUT2D eigenvalue weighted by molar-refractivity contribution is 0.0515. The van der Waals surface area contributed by atoms with Crippen molar-refractivity contribution in [2.75, 3.05) is 13.2 Å². The summed E-state index contributed by atoms with van der Waals surface area (Å²) < 4.78 is 37.0. The molecule has 2 aliphatic heterocycles. The van der Waals surface area contributed by atoms with Gasteiger partial charge in [-0.2, -0.15) is 4.31 Å². The molecule has 0 spiro atoms. The van der Waals surface area contributed by atoms with Gasteiger partial charge in [0.25, 0.3) is 0 Å². The second kappa shape index (κ2) is 7.91. The molecule has 0 aromatic carbocycles. The van der Waals surface area contributed by atoms with Crippen LogP contribution in [0.4, 0.5) is 0 Å². The van der Waals surface area contributed by atoms with Gasteiger partial charge in [-0.3, -0.25) is 0 Å². The Morgan fingerprint density at radius 3 is 2.83 bits per heavy atom. The lowest BCUT2D eigenvalue weighted by Crippen LogP contribution is -2.32. The van der Waals surface area contributed by atoms with Crippen LogP contribution in [-0.4, -0.2) is 51.2 Å². The number of aromatic nitrogens is 4. The normalized spacial score (nSPS) is 20.4. The van der Waals surface area contributed by atoms with Crippen molar-refractivity contribution in [3.8, 4) is 0 Å². The summed E-state index contributed by atoms with van der Waals surface area (Å²) in [7, 11) is -2.13. The number of carbonyl (C=O) groups excluding carboxylic acids is 1. The first-order valence-electron chi connectivity index (χ1n) is 10.2. The monoisotopic (exact) mass is 421 g/mol. The zero-order valence-electron chi connectivity index (χ0n) is 16.9. The van der Waals surface area contributed by atoms with Gasteiger partial charge in [-0.25, -0.2) is 13.2 Å². The van der Waals surface area contributed by atoms with Gasteiger partial charge in [0.2, 0.25) is 10.0 Å². The van der Waals surface area contributed by atoms with Gasteiger partial charge in [-0.15, -0.1) is 10.2 Å². The Hall–Kier alpha value is -2.20. The summed E-state index contributed by atoms with van der Waals surface area (Å²) >= 11 is 0. The van der Waals surface area contributed by atoms with Crippen LogP contribution >= 0.6 is 0 Å². The molecule has 4 heterocycles. The molecule has 10 heteroatoms. The quantitative estimate of drug-likeness (QED) is 0.685. The van der Waals surface area contributed by atoms with Crippen LogP contribution in [0.3, 0.4) is 0 Å². The van der Waals surface area contributed by atoms with E-state index in [1.165, 1.54) is 21.1 Å². The summed E-state index contributed by atoms with van der Waals surface area (Å²) in [4.78, 5) is 12.2. The second-order valence-corrected chi connectivity index (χ2v) is 9.49. The Bertz CT molecular complexity index is 1010. The number of carbonyl (C=O) groups is 1. The number of hydrogen-bond donors (Lipinski definition) is 0. The van der Waals surface area contributed by atoms with E-state index in [-0.39, 0.29) is 23.2 Å². The third kappa shape index (κ3) is 3.59. The maximum absolute atomic E-state index is 13.4. The van der Waals surface area contributed by atoms with Crippen molar-refractivity contribution in [2.45, 2.75) is 62.9 Å². The molecule has 0 radical (unpaired) electrons. The first-order chi connectivity index (χ1) is 13.9. The van der Waals surface area contributed by atoms with E-state index in [0.29, 0.717) is 6.54 Å². The molecule has 1 atom stereocenters. The molecule has 2 aliphatic rings. The molecule has 0 bridgehead atoms. The molecule has 1 saturated heterocycles. The summed E-state index contributed by atoms with van der Waals surface area (Å²) in [5.41, 5.74) is 0.220. The van der Waals surface area contributed by atoms with E-state index in [4.69, 9.17) is 4.74 Å². The van der Waals surface area contributed by atoms with E-state index in [1.807, 2.05) is 0 Å². The van der Waals surface area contributed by atoms with Crippen LogP contribution in [-0.2, 0) is 34.8 Å². The predicted octanol–water partition coefficient (Wildman–Crippen LogP) is 2.05. The minimum atomic E-state index is -3.78. The fourth-order valence-electron chi connectivity index (χ4n) is 4.26. The largest absolute Gasteiger partial charge is 0.461 e. The lowest BCUT2D eigenvalue weighted by Gasteiger charge is -2.23. The van der Waals surface area contributed by atoms with Crippen LogP contribution in [0.1, 0.15) is 67.2 Å². The number of aryl methyl sites for hydroxylation is 2. The summed E-state index contributed by atoms with van der Waals surface area (Å²) in [6, 6.07) is 1.07. The van der Waals surface area contributed by atoms with E-state index < -0.39 is 16.0 Å². The molecule has 0 unspecified atom stereocenters. The zero-order valence-corrected chi connectivity index (χ0v) is 17.7. The van der Waals surface area contributed by atoms with E-state index in [0.717, 1.165) is 56.7 Å². The maximum atomic E-state index is 13.4. The van der Waals surface area contributed by atoms with Crippen LogP contribution < -0.4 is 0 Å². The molecule has 158 valence electrons. The zero-order chi connectivity index (χ0) is 20.6. The van der Waals surface area contributed by atoms with Crippen LogP contribution in [0.2, 0.25) is 0 Å². The Morgan fingerprint density at radius 2 is 2.03 bits per heavy atom. The molecular weight excluding hydrogens is 394 g/mol. The van der Waals surface area contributed by atoms with E-state index in [9.17, 15) is 13.2 Å². The number of sulfonamides is 1. The highest BCUT2D eigenvalue weighted by Gasteiger charge is 2.40. The molecule has 4 rings (SSSR count). The van der Waals surface area contributed by atoms with Gasteiger partial charge in [0, 0.05) is 32.8 Å². The van der Waals surface area contributed by atoms with Crippen molar-refractivity contribution in [2.24, 2.45) is 7.05 Å². The predicted molar refractivity (Wildman–Crippen MR) is 105 cm³/mol. The van der Waals surface area contributed by atoms with Crippen molar-refractivity contribution < 1.29 is 17.9 Å². The van der Waals surface area contributed by atoms with Crippen LogP contribution in [0.5, 0.6) is 0 Å². The van der Waals surface area contributed by atoms with Crippen molar-refractivity contribution in [1.29, 1.82) is 0 Å². The molecule has 9 nitrogen and oxygen atoms in total. The average molecular weight is 422 g/mol. The van der Waals surface area contributed by atoms with Gasteiger partial charge in [-0.1, -0.05) is 6.42 Å². The minimum absolute atomic E-state index is 0.102. The lowest BCUT2D eigenvalue weighted by atomic mass is 10.2. The van der Waals surface area contributed by atoms with Crippen LogP contribution in [0, 0.1) is 0 Å². The molecule has 1 fully saturated rings. The molecule has 0 aliphatic carbocycles. The topological polar surface area (TPSA) is 99.3 Å². The van der Waals surface area contributed by atoms with Crippen LogP contribution in [0.15, 0.2) is 17.2 Å². The number of esters is 1. The molecule has 0 amide bonds. The van der Waals surface area contributed by atoms with Gasteiger partial charge < -0.3 is 13.9 Å². The Morgan fingerprint density at radius 1 is 1.21 bits per heavy atom. The number of nitrogens with zero attached hydrogens (tertiary/aromatic N) is 5. The van der Waals surface area contributed by atoms with E-state index >= 15 is 0 Å². The number of rotatable bonds is 5. The first kappa shape index (κ1) is 20.1. The van der Waals surface area contributed by atoms with Crippen molar-refractivity contribution in [1.82, 2.24) is 23.6 Å². The Kier molecular flexibility index (Phi) is 5.48. The van der Waals surface area contributed by atoms with Crippen molar-refractivity contribution in [3.05, 3.63) is 29.6 Å². The number of hydrogen-bond acceptors (Lipinski definition) is 6. The standard InChI is InChI=1S/C19H27N5O4S/c1-3-28-19(25)16-12-14(13-22(16)2)29(26,27)24-11-7-8-15(24)18-21-20-17-9-5-4-6-10-23(17)18/h12-13,15H,3-11H2,1-2H3/t15-/m0/s1. The Balaban J connectivity index is 1.66. The van der Waals surface area contributed by atoms with Gasteiger partial charge in [0.1, 0.15) is 16.4 Å². The average Bonchev–Trinajstić information content (AvgIpc) is 3.37. The molecule has 2 aromatic rings. The minimum Gasteiger partial charge on any atom is -0.461 e. The molecule has 0 saturated carbocycles. The highest BCUT2D eigenvalue weighted by molar-refractivity contribution is 7.89. The van der Waals surface area contributed by atoms with E-state index in [2.05, 4.69) is 14.8 Å². The van der Waals surface area contributed by atoms with Gasteiger partial charge in [0.15, 0.2) is 5.82 Å². The molecular formula is C19H27N5O4S. The summed E-state index contributed by atoms with van der Waals surface area (Å²) in [5, 5.41) is 8.72. The maximum Gasteiger partial charge on any atom is 0.354 e. The second-order valence-electron chi connectivity index (χ2n) is 7.60. The highest BCUT2D eigenvalue weighted by Crippen LogP contribution is 2.37. The smallest absolute Gasteiger partial charge is 0.354 e. The third-order valence-electron chi connectivity index (χ3n) is 5.71. The molecule has 0 N–H and O–H groups in total. The van der Waals surface area contributed by atoms with Gasteiger partial charge in [-0.05, 0) is 38.7 Å². The summed E-state index contributed by atoms with van der Waals surface area (Å²) in [5.74, 6) is 1.16. The molecule has 2 aromatic heterocycles. The number of ether oxygens (including phenoxy) is 1. The van der Waals surface area contributed by atoms with Crippen molar-refractivity contribution in [3.63, 3.8) is 0 Å². The van der Waals surface area contributed by atoms with Gasteiger partial charge >= 0.3 is 5.97 Å². The fraction of sp³-hybridized carbons (Fsp3) is 0.632. The fourth-order valence-corrected chi connectivity index (χ4v) is 5.99. The van der Waals surface area contributed by atoms with E-state index in [1.54, 1.807) is 14.0 Å². The number of fused-ring (bicyclic) bond motifs is 1. The highest BCUT2D eigenvalue weighted by atomic mass is 32.2. The van der Waals surface area contributed by atoms with Gasteiger partial charge in [0.05, 0.1) is 12.6 Å². The Labute approximate surface area is 170 Å². The van der Waals surface area contributed by atoms with Crippen molar-refractivity contribution >= 4 is 16.0 Å². The summed E-state index contributed by atoms with van der Waals surface area (Å²) in [6.07, 6.45) is 7.13. The summed E-state index contributed by atoms with van der Waals surface area (Å²) in [6.45, 7) is 3.21. The van der Waals surface area contributed by atoms with Crippen LogP contribution in [0.25, 0.3) is 0 Å². The third-order valence-corrected chi connectivity index (χ3v) is 7.58.